The van der Waals surface area contributed by atoms with E-state index in [1.165, 1.54) is 0 Å². The number of rotatable bonds is 5. The second kappa shape index (κ2) is 6.06. The molecule has 0 N–H and O–H groups in total. The number of carbonyl (C=O) groups excluding carboxylic acids is 1. The molecule has 0 heterocycles. The first kappa shape index (κ1) is 11.6. The number of ether oxygens (including phenoxy) is 1. The highest BCUT2D eigenvalue weighted by Crippen LogP contribution is 2.07. The molecule has 1 radical (unpaired) electrons. The van der Waals surface area contributed by atoms with Crippen LogP contribution in [0.15, 0.2) is 24.3 Å². The maximum absolute atomic E-state index is 11.6. The van der Waals surface area contributed by atoms with Gasteiger partial charge in [-0.05, 0) is 32.0 Å². The van der Waals surface area contributed by atoms with Crippen LogP contribution >= 0.6 is 0 Å². The first-order valence-corrected chi connectivity index (χ1v) is 5.14. The van der Waals surface area contributed by atoms with Crippen molar-refractivity contribution in [2.24, 2.45) is 0 Å². The average Bonchev–Trinajstić information content (AvgIpc) is 2.29. The monoisotopic (exact) mass is 206 g/mol. The van der Waals surface area contributed by atoms with Gasteiger partial charge in [-0.2, -0.15) is 0 Å². The summed E-state index contributed by atoms with van der Waals surface area (Å²) in [5.74, 6) is 0.724. The van der Waals surface area contributed by atoms with Crippen molar-refractivity contribution in [2.45, 2.75) is 13.8 Å². The topological polar surface area (TPSA) is 29.5 Å². The minimum atomic E-state index is 0.0211. The van der Waals surface area contributed by atoms with Crippen LogP contribution in [0.4, 0.5) is 0 Å². The number of carbonyl (C=O) groups is 1. The lowest BCUT2D eigenvalue weighted by Crippen LogP contribution is -2.34. The Kier molecular flexibility index (Phi) is 4.68. The Morgan fingerprint density at radius 1 is 1.33 bits per heavy atom. The lowest BCUT2D eigenvalue weighted by atomic mass is 10.3. The zero-order valence-corrected chi connectivity index (χ0v) is 9.19. The van der Waals surface area contributed by atoms with Gasteiger partial charge in [0.15, 0.2) is 6.61 Å². The van der Waals surface area contributed by atoms with Crippen molar-refractivity contribution in [1.29, 1.82) is 0 Å². The third kappa shape index (κ3) is 3.62. The average molecular weight is 206 g/mol. The lowest BCUT2D eigenvalue weighted by Gasteiger charge is -2.18. The second-order valence-corrected chi connectivity index (χ2v) is 3.09. The van der Waals surface area contributed by atoms with E-state index in [0.717, 1.165) is 13.1 Å². The van der Waals surface area contributed by atoms with Crippen molar-refractivity contribution in [2.75, 3.05) is 19.7 Å². The van der Waals surface area contributed by atoms with Gasteiger partial charge < -0.3 is 9.64 Å². The van der Waals surface area contributed by atoms with Gasteiger partial charge in [0.25, 0.3) is 5.91 Å². The van der Waals surface area contributed by atoms with Gasteiger partial charge in [0, 0.05) is 13.1 Å². The maximum atomic E-state index is 11.6. The molecule has 1 rings (SSSR count). The zero-order valence-electron chi connectivity index (χ0n) is 9.19. The van der Waals surface area contributed by atoms with Crippen LogP contribution in [-0.2, 0) is 4.79 Å². The Balaban J connectivity index is 2.40. The van der Waals surface area contributed by atoms with Gasteiger partial charge in [0.1, 0.15) is 5.75 Å². The number of nitrogens with zero attached hydrogens (tertiary/aromatic N) is 1. The molecule has 0 bridgehead atoms. The molecule has 0 unspecified atom stereocenters. The van der Waals surface area contributed by atoms with E-state index in [-0.39, 0.29) is 12.5 Å². The molecule has 0 spiro atoms. The fourth-order valence-corrected chi connectivity index (χ4v) is 1.28. The van der Waals surface area contributed by atoms with Crippen molar-refractivity contribution < 1.29 is 9.53 Å². The van der Waals surface area contributed by atoms with Gasteiger partial charge in [-0.25, -0.2) is 0 Å². The van der Waals surface area contributed by atoms with E-state index in [2.05, 4.69) is 6.07 Å². The van der Waals surface area contributed by atoms with Gasteiger partial charge in [0.05, 0.1) is 0 Å². The van der Waals surface area contributed by atoms with Crippen LogP contribution in [-0.4, -0.2) is 30.5 Å². The highest BCUT2D eigenvalue weighted by Gasteiger charge is 2.09. The van der Waals surface area contributed by atoms with Crippen molar-refractivity contribution in [1.82, 2.24) is 4.90 Å². The Morgan fingerprint density at radius 3 is 2.47 bits per heavy atom. The standard InChI is InChI=1S/C12H16NO2/c1-3-13(4-2)12(14)10-15-11-8-6-5-7-9-11/h6-9H,3-4,10H2,1-2H3. The third-order valence-corrected chi connectivity index (χ3v) is 2.17. The number of likely N-dealkylation sites (N-methyl/N-ethyl adjacent to an activating group) is 1. The molecule has 15 heavy (non-hydrogen) atoms. The molecule has 1 amide bonds. The summed E-state index contributed by atoms with van der Waals surface area (Å²) in [6.07, 6.45) is 0. The molecule has 0 aliphatic heterocycles. The van der Waals surface area contributed by atoms with E-state index in [1.807, 2.05) is 13.8 Å². The Hall–Kier alpha value is -1.51. The lowest BCUT2D eigenvalue weighted by molar-refractivity contribution is -0.132. The summed E-state index contributed by atoms with van der Waals surface area (Å²) in [5.41, 5.74) is 0. The van der Waals surface area contributed by atoms with E-state index < -0.39 is 0 Å². The molecule has 3 nitrogen and oxygen atoms in total. The van der Waals surface area contributed by atoms with Crippen LogP contribution in [0.2, 0.25) is 0 Å². The number of amides is 1. The Bertz CT molecular complexity index is 294. The van der Waals surface area contributed by atoms with Crippen LogP contribution in [0.25, 0.3) is 0 Å². The van der Waals surface area contributed by atoms with Gasteiger partial charge >= 0.3 is 0 Å². The smallest absolute Gasteiger partial charge is 0.260 e. The molecule has 1 aromatic rings. The first-order chi connectivity index (χ1) is 7.27. The van der Waals surface area contributed by atoms with Crippen molar-refractivity contribution in [3.8, 4) is 5.75 Å². The summed E-state index contributed by atoms with van der Waals surface area (Å²) in [6, 6.07) is 9.99. The van der Waals surface area contributed by atoms with Crippen molar-refractivity contribution in [3.63, 3.8) is 0 Å². The van der Waals surface area contributed by atoms with Crippen LogP contribution < -0.4 is 4.74 Å². The molecule has 81 valence electrons. The largest absolute Gasteiger partial charge is 0.484 e. The maximum Gasteiger partial charge on any atom is 0.260 e. The summed E-state index contributed by atoms with van der Waals surface area (Å²) in [6.45, 7) is 5.46. The van der Waals surface area contributed by atoms with E-state index in [0.29, 0.717) is 5.75 Å². The van der Waals surface area contributed by atoms with E-state index >= 15 is 0 Å². The SMILES string of the molecule is CCN(CC)C(=O)COc1cc[c]cc1. The fourth-order valence-electron chi connectivity index (χ4n) is 1.28. The summed E-state index contributed by atoms with van der Waals surface area (Å²) >= 11 is 0. The predicted octanol–water partition coefficient (Wildman–Crippen LogP) is 1.73. The summed E-state index contributed by atoms with van der Waals surface area (Å²) < 4.78 is 5.34. The zero-order chi connectivity index (χ0) is 11.1. The Morgan fingerprint density at radius 2 is 1.93 bits per heavy atom. The summed E-state index contributed by atoms with van der Waals surface area (Å²) in [5, 5.41) is 0. The molecule has 1 aromatic carbocycles. The molecular formula is C12H16NO2. The Labute approximate surface area is 90.7 Å². The number of hydrogen-bond acceptors (Lipinski definition) is 2. The highest BCUT2D eigenvalue weighted by molar-refractivity contribution is 5.77. The summed E-state index contributed by atoms with van der Waals surface area (Å²) in [4.78, 5) is 13.3. The van der Waals surface area contributed by atoms with Crippen LogP contribution in [0, 0.1) is 6.07 Å². The van der Waals surface area contributed by atoms with Crippen LogP contribution in [0.1, 0.15) is 13.8 Å². The van der Waals surface area contributed by atoms with Gasteiger partial charge in [-0.15, -0.1) is 0 Å². The molecule has 0 atom stereocenters. The van der Waals surface area contributed by atoms with Crippen LogP contribution in [0.5, 0.6) is 5.75 Å². The molecule has 0 aliphatic rings. The summed E-state index contributed by atoms with van der Waals surface area (Å²) in [7, 11) is 0. The molecule has 0 saturated carbocycles. The quantitative estimate of drug-likeness (QED) is 0.734. The number of benzene rings is 1. The van der Waals surface area contributed by atoms with Crippen molar-refractivity contribution >= 4 is 5.91 Å². The normalized spacial score (nSPS) is 9.73. The first-order valence-electron chi connectivity index (χ1n) is 5.14. The third-order valence-electron chi connectivity index (χ3n) is 2.17. The van der Waals surface area contributed by atoms with Gasteiger partial charge in [-0.1, -0.05) is 12.1 Å². The van der Waals surface area contributed by atoms with Crippen LogP contribution in [0.3, 0.4) is 0 Å². The molecule has 0 saturated heterocycles. The molecule has 0 aromatic heterocycles. The second-order valence-electron chi connectivity index (χ2n) is 3.09. The molecule has 0 fully saturated rings. The molecular weight excluding hydrogens is 190 g/mol. The van der Waals surface area contributed by atoms with Gasteiger partial charge in [0.2, 0.25) is 0 Å². The predicted molar refractivity (Wildman–Crippen MR) is 58.7 cm³/mol. The minimum absolute atomic E-state index is 0.0211. The molecule has 3 heteroatoms. The highest BCUT2D eigenvalue weighted by atomic mass is 16.5. The van der Waals surface area contributed by atoms with Gasteiger partial charge in [-0.3, -0.25) is 4.79 Å². The van der Waals surface area contributed by atoms with E-state index in [9.17, 15) is 4.79 Å². The molecule has 0 aliphatic carbocycles. The van der Waals surface area contributed by atoms with Crippen molar-refractivity contribution in [3.05, 3.63) is 30.3 Å². The number of hydrogen-bond donors (Lipinski definition) is 0. The minimum Gasteiger partial charge on any atom is -0.484 e. The van der Waals surface area contributed by atoms with E-state index in [4.69, 9.17) is 4.74 Å². The van der Waals surface area contributed by atoms with E-state index in [1.54, 1.807) is 29.2 Å². The fraction of sp³-hybridized carbons (Fsp3) is 0.417.